The van der Waals surface area contributed by atoms with Crippen molar-refractivity contribution in [2.24, 2.45) is 0 Å². The zero-order valence-electron chi connectivity index (χ0n) is 18.9. The predicted octanol–water partition coefficient (Wildman–Crippen LogP) is 2.76. The number of hydrogen-bond acceptors (Lipinski definition) is 6. The molecule has 9 nitrogen and oxygen atoms in total. The minimum Gasteiger partial charge on any atom is -0.495 e. The molecule has 1 fully saturated rings. The van der Waals surface area contributed by atoms with Gasteiger partial charge in [-0.05, 0) is 55.3 Å². The van der Waals surface area contributed by atoms with E-state index in [1.54, 1.807) is 0 Å². The van der Waals surface area contributed by atoms with E-state index in [0.717, 1.165) is 30.0 Å². The fourth-order valence-electron chi connectivity index (χ4n) is 3.56. The van der Waals surface area contributed by atoms with Crippen LogP contribution in [0.5, 0.6) is 5.75 Å². The summed E-state index contributed by atoms with van der Waals surface area (Å²) in [7, 11) is -3.08. The fraction of sp³-hybridized carbons (Fsp3) is 0.409. The average molecular weight is 496 g/mol. The lowest BCUT2D eigenvalue weighted by Gasteiger charge is -2.20. The molecule has 0 bridgehead atoms. The van der Waals surface area contributed by atoms with E-state index in [0.29, 0.717) is 18.8 Å². The number of carbonyl (C=O) groups excluding carboxylic acids is 1. The fourth-order valence-corrected chi connectivity index (χ4v) is 6.01. The highest BCUT2D eigenvalue weighted by molar-refractivity contribution is 7.89. The molecule has 2 aromatic rings. The van der Waals surface area contributed by atoms with Crippen LogP contribution in [0, 0.1) is 0 Å². The maximum atomic E-state index is 12.9. The van der Waals surface area contributed by atoms with Crippen LogP contribution in [-0.2, 0) is 20.0 Å². The summed E-state index contributed by atoms with van der Waals surface area (Å²) in [4.78, 5) is 12.9. The van der Waals surface area contributed by atoms with Crippen molar-refractivity contribution in [2.45, 2.75) is 35.5 Å². The molecule has 1 heterocycles. The Hall–Kier alpha value is -2.47. The Kier molecular flexibility index (Phi) is 7.78. The number of carbonyl (C=O) groups is 1. The SMILES string of the molecule is COc1ccc(S(=O)(=O)N(C)C)cc1NC(=O)c1ccc(S(=O)(=O)N2CCCCCC2)cc1. The van der Waals surface area contributed by atoms with Gasteiger partial charge in [0.2, 0.25) is 20.0 Å². The third kappa shape index (κ3) is 5.55. The maximum absolute atomic E-state index is 12.9. The number of ether oxygens (including phenoxy) is 1. The third-order valence-electron chi connectivity index (χ3n) is 5.52. The first-order valence-electron chi connectivity index (χ1n) is 10.6. The van der Waals surface area contributed by atoms with E-state index in [-0.39, 0.29) is 21.0 Å². The quantitative estimate of drug-likeness (QED) is 0.632. The largest absolute Gasteiger partial charge is 0.495 e. The van der Waals surface area contributed by atoms with Crippen molar-refractivity contribution >= 4 is 31.6 Å². The smallest absolute Gasteiger partial charge is 0.255 e. The second kappa shape index (κ2) is 10.2. The third-order valence-corrected chi connectivity index (χ3v) is 9.24. The average Bonchev–Trinajstić information content (AvgIpc) is 3.09. The number of benzene rings is 2. The van der Waals surface area contributed by atoms with Crippen LogP contribution in [0.25, 0.3) is 0 Å². The van der Waals surface area contributed by atoms with Gasteiger partial charge in [0.25, 0.3) is 5.91 Å². The molecule has 1 aliphatic rings. The zero-order chi connectivity index (χ0) is 24.2. The second-order valence-corrected chi connectivity index (χ2v) is 12.0. The first-order chi connectivity index (χ1) is 15.6. The number of amides is 1. The Bertz CT molecular complexity index is 1200. The maximum Gasteiger partial charge on any atom is 0.255 e. The highest BCUT2D eigenvalue weighted by atomic mass is 32.2. The molecule has 0 aromatic heterocycles. The molecule has 0 aliphatic carbocycles. The molecule has 0 spiro atoms. The van der Waals surface area contributed by atoms with Crippen LogP contribution < -0.4 is 10.1 Å². The van der Waals surface area contributed by atoms with E-state index in [1.807, 2.05) is 0 Å². The summed E-state index contributed by atoms with van der Waals surface area (Å²) in [6, 6.07) is 9.89. The Morgan fingerprint density at radius 2 is 1.48 bits per heavy atom. The highest BCUT2D eigenvalue weighted by Gasteiger charge is 2.25. The lowest BCUT2D eigenvalue weighted by Crippen LogP contribution is -2.31. The van der Waals surface area contributed by atoms with Gasteiger partial charge in [0.15, 0.2) is 0 Å². The van der Waals surface area contributed by atoms with Gasteiger partial charge < -0.3 is 10.1 Å². The van der Waals surface area contributed by atoms with E-state index in [4.69, 9.17) is 4.74 Å². The zero-order valence-corrected chi connectivity index (χ0v) is 20.6. The van der Waals surface area contributed by atoms with Gasteiger partial charge in [-0.15, -0.1) is 0 Å². The normalized spacial score (nSPS) is 15.8. The summed E-state index contributed by atoms with van der Waals surface area (Å²) >= 11 is 0. The van der Waals surface area contributed by atoms with Crippen molar-refractivity contribution in [1.29, 1.82) is 0 Å². The van der Waals surface area contributed by atoms with Crippen LogP contribution in [0.4, 0.5) is 5.69 Å². The summed E-state index contributed by atoms with van der Waals surface area (Å²) in [5.41, 5.74) is 0.416. The van der Waals surface area contributed by atoms with Crippen LogP contribution in [-0.4, -0.2) is 65.6 Å². The minimum atomic E-state index is -3.71. The minimum absolute atomic E-state index is 0.00231. The number of rotatable bonds is 7. The van der Waals surface area contributed by atoms with Gasteiger partial charge in [0.1, 0.15) is 5.75 Å². The molecule has 0 saturated carbocycles. The first kappa shape index (κ1) is 25.2. The van der Waals surface area contributed by atoms with Crippen LogP contribution in [0.1, 0.15) is 36.0 Å². The van der Waals surface area contributed by atoms with Crippen molar-refractivity contribution < 1.29 is 26.4 Å². The van der Waals surface area contributed by atoms with Crippen molar-refractivity contribution in [2.75, 3.05) is 39.6 Å². The van der Waals surface area contributed by atoms with Gasteiger partial charge in [-0.2, -0.15) is 4.31 Å². The van der Waals surface area contributed by atoms with Crippen molar-refractivity contribution in [3.8, 4) is 5.75 Å². The Morgan fingerprint density at radius 3 is 2.03 bits per heavy atom. The summed E-state index contributed by atoms with van der Waals surface area (Å²) in [5, 5.41) is 2.65. The van der Waals surface area contributed by atoms with Gasteiger partial charge in [0.05, 0.1) is 22.6 Å². The van der Waals surface area contributed by atoms with Crippen LogP contribution in [0.3, 0.4) is 0 Å². The lowest BCUT2D eigenvalue weighted by molar-refractivity contribution is 0.102. The van der Waals surface area contributed by atoms with Gasteiger partial charge in [0, 0.05) is 32.7 Å². The van der Waals surface area contributed by atoms with E-state index in [2.05, 4.69) is 5.32 Å². The second-order valence-electron chi connectivity index (χ2n) is 7.95. The number of hydrogen-bond donors (Lipinski definition) is 1. The molecule has 0 radical (unpaired) electrons. The monoisotopic (exact) mass is 495 g/mol. The van der Waals surface area contributed by atoms with Crippen LogP contribution in [0.2, 0.25) is 0 Å². The standard InChI is InChI=1S/C22H29N3O6S2/c1-24(2)32(27,28)19-12-13-21(31-3)20(16-19)23-22(26)17-8-10-18(11-9-17)33(29,30)25-14-6-4-5-7-15-25/h8-13,16H,4-7,14-15H2,1-3H3,(H,23,26). The molecule has 1 amide bonds. The van der Waals surface area contributed by atoms with Crippen molar-refractivity contribution in [3.05, 3.63) is 48.0 Å². The molecule has 0 atom stereocenters. The van der Waals surface area contributed by atoms with E-state index in [1.165, 1.54) is 68.0 Å². The molecule has 1 saturated heterocycles. The summed E-state index contributed by atoms with van der Waals surface area (Å²) in [6.07, 6.45) is 3.71. The summed E-state index contributed by atoms with van der Waals surface area (Å²) in [6.45, 7) is 0.993. The topological polar surface area (TPSA) is 113 Å². The lowest BCUT2D eigenvalue weighted by atomic mass is 10.2. The summed E-state index contributed by atoms with van der Waals surface area (Å²) in [5.74, 6) is -0.229. The Morgan fingerprint density at radius 1 is 0.909 bits per heavy atom. The molecule has 180 valence electrons. The van der Waals surface area contributed by atoms with Gasteiger partial charge in [-0.3, -0.25) is 4.79 Å². The van der Waals surface area contributed by atoms with Gasteiger partial charge >= 0.3 is 0 Å². The molecule has 3 rings (SSSR count). The van der Waals surface area contributed by atoms with Crippen molar-refractivity contribution in [3.63, 3.8) is 0 Å². The first-order valence-corrected chi connectivity index (χ1v) is 13.5. The number of methoxy groups -OCH3 is 1. The molecule has 11 heteroatoms. The van der Waals surface area contributed by atoms with E-state index in [9.17, 15) is 21.6 Å². The molecule has 0 unspecified atom stereocenters. The number of anilines is 1. The molecular formula is C22H29N3O6S2. The van der Waals surface area contributed by atoms with E-state index >= 15 is 0 Å². The number of sulfonamides is 2. The number of nitrogens with zero attached hydrogens (tertiary/aromatic N) is 2. The molecule has 1 aliphatic heterocycles. The van der Waals surface area contributed by atoms with E-state index < -0.39 is 26.0 Å². The van der Waals surface area contributed by atoms with Crippen LogP contribution in [0.15, 0.2) is 52.3 Å². The van der Waals surface area contributed by atoms with Crippen molar-refractivity contribution in [1.82, 2.24) is 8.61 Å². The van der Waals surface area contributed by atoms with Crippen LogP contribution >= 0.6 is 0 Å². The summed E-state index contributed by atoms with van der Waals surface area (Å²) < 4.78 is 58.5. The Balaban J connectivity index is 1.82. The molecule has 33 heavy (non-hydrogen) atoms. The predicted molar refractivity (Wildman–Crippen MR) is 125 cm³/mol. The Labute approximate surface area is 195 Å². The molecular weight excluding hydrogens is 466 g/mol. The molecule has 1 N–H and O–H groups in total. The van der Waals surface area contributed by atoms with Gasteiger partial charge in [-0.1, -0.05) is 12.8 Å². The molecule has 2 aromatic carbocycles. The van der Waals surface area contributed by atoms with Gasteiger partial charge in [-0.25, -0.2) is 21.1 Å². The highest BCUT2D eigenvalue weighted by Crippen LogP contribution is 2.29. The number of nitrogens with one attached hydrogen (secondary N) is 1.